The smallest absolute Gasteiger partial charge is 0.234 e. The van der Waals surface area contributed by atoms with Gasteiger partial charge in [-0.15, -0.1) is 0 Å². The van der Waals surface area contributed by atoms with E-state index < -0.39 is 0 Å². The number of nitrogens with one attached hydrogen (secondary N) is 2. The van der Waals surface area contributed by atoms with Crippen LogP contribution < -0.4 is 20.1 Å². The molecule has 6 nitrogen and oxygen atoms in total. The highest BCUT2D eigenvalue weighted by atomic mass is 16.5. The Labute approximate surface area is 166 Å². The van der Waals surface area contributed by atoms with Crippen molar-refractivity contribution in [1.29, 1.82) is 0 Å². The number of carbonyl (C=O) groups excluding carboxylic acids is 1. The average molecular weight is 383 g/mol. The molecule has 28 heavy (non-hydrogen) atoms. The Kier molecular flexibility index (Phi) is 6.90. The van der Waals surface area contributed by atoms with E-state index >= 15 is 0 Å². The molecular formula is C22H29N3O3. The van der Waals surface area contributed by atoms with Crippen molar-refractivity contribution in [3.05, 3.63) is 59.7 Å². The first kappa shape index (κ1) is 20.2. The van der Waals surface area contributed by atoms with Crippen LogP contribution in [0, 0.1) is 0 Å². The predicted molar refractivity (Wildman–Crippen MR) is 110 cm³/mol. The second kappa shape index (κ2) is 9.57. The summed E-state index contributed by atoms with van der Waals surface area (Å²) >= 11 is 0. The van der Waals surface area contributed by atoms with E-state index in [-0.39, 0.29) is 11.9 Å². The minimum absolute atomic E-state index is 0.0189. The van der Waals surface area contributed by atoms with Gasteiger partial charge in [-0.05, 0) is 42.3 Å². The first-order valence-corrected chi connectivity index (χ1v) is 9.62. The van der Waals surface area contributed by atoms with Gasteiger partial charge in [0.2, 0.25) is 5.91 Å². The lowest BCUT2D eigenvalue weighted by Gasteiger charge is -2.33. The monoisotopic (exact) mass is 383 g/mol. The van der Waals surface area contributed by atoms with Gasteiger partial charge in [-0.3, -0.25) is 9.69 Å². The van der Waals surface area contributed by atoms with Crippen molar-refractivity contribution in [2.75, 3.05) is 40.4 Å². The summed E-state index contributed by atoms with van der Waals surface area (Å²) in [5.41, 5.74) is 2.01. The van der Waals surface area contributed by atoms with Crippen LogP contribution in [0.4, 0.5) is 0 Å². The lowest BCUT2D eigenvalue weighted by Crippen LogP contribution is -2.53. The van der Waals surface area contributed by atoms with Crippen molar-refractivity contribution in [3.63, 3.8) is 0 Å². The predicted octanol–water partition coefficient (Wildman–Crippen LogP) is 2.20. The second-order valence-electron chi connectivity index (χ2n) is 7.07. The Hall–Kier alpha value is -2.57. The molecule has 2 aromatic carbocycles. The number of hydrogen-bond acceptors (Lipinski definition) is 5. The number of ether oxygens (including phenoxy) is 2. The minimum Gasteiger partial charge on any atom is -0.497 e. The first-order chi connectivity index (χ1) is 13.6. The van der Waals surface area contributed by atoms with E-state index in [0.29, 0.717) is 12.6 Å². The number of nitrogens with zero attached hydrogens (tertiary/aromatic N) is 1. The molecule has 0 unspecified atom stereocenters. The molecule has 1 amide bonds. The molecule has 1 heterocycles. The van der Waals surface area contributed by atoms with Gasteiger partial charge >= 0.3 is 0 Å². The maximum absolute atomic E-state index is 12.8. The van der Waals surface area contributed by atoms with Crippen molar-refractivity contribution in [1.82, 2.24) is 15.5 Å². The molecule has 3 rings (SSSR count). The summed E-state index contributed by atoms with van der Waals surface area (Å²) in [6.07, 6.45) is 0. The summed E-state index contributed by atoms with van der Waals surface area (Å²) < 4.78 is 10.5. The molecule has 1 atom stereocenters. The molecule has 150 valence electrons. The third-order valence-electron chi connectivity index (χ3n) is 5.19. The fraction of sp³-hybridized carbons (Fsp3) is 0.409. The molecule has 0 aromatic heterocycles. The molecule has 0 spiro atoms. The molecule has 0 saturated carbocycles. The number of carbonyl (C=O) groups is 1. The molecule has 1 aliphatic heterocycles. The fourth-order valence-electron chi connectivity index (χ4n) is 3.46. The van der Waals surface area contributed by atoms with Gasteiger partial charge in [-0.1, -0.05) is 24.3 Å². The van der Waals surface area contributed by atoms with Crippen LogP contribution in [0.1, 0.15) is 24.1 Å². The molecule has 1 aliphatic rings. The van der Waals surface area contributed by atoms with Gasteiger partial charge in [0.15, 0.2) is 0 Å². The molecule has 0 radical (unpaired) electrons. The van der Waals surface area contributed by atoms with E-state index in [2.05, 4.69) is 22.5 Å². The Balaban J connectivity index is 1.79. The zero-order valence-electron chi connectivity index (χ0n) is 16.8. The average Bonchev–Trinajstić information content (AvgIpc) is 2.74. The molecule has 0 aliphatic carbocycles. The second-order valence-corrected chi connectivity index (χ2v) is 7.07. The summed E-state index contributed by atoms with van der Waals surface area (Å²) in [4.78, 5) is 15.1. The standard InChI is InChI=1S/C22H29N3O3/c1-16-14-23-12-13-25(16)15-21(26)24-22(17-4-8-19(27-2)9-5-17)18-6-10-20(28-3)11-7-18/h4-11,16,22-23H,12-15H2,1-3H3,(H,24,26)/t16-/m0/s1. The number of methoxy groups -OCH3 is 2. The van der Waals surface area contributed by atoms with Gasteiger partial charge < -0.3 is 20.1 Å². The van der Waals surface area contributed by atoms with Crippen molar-refractivity contribution in [2.24, 2.45) is 0 Å². The van der Waals surface area contributed by atoms with Crippen molar-refractivity contribution in [2.45, 2.75) is 19.0 Å². The Morgan fingerprint density at radius 2 is 1.61 bits per heavy atom. The Morgan fingerprint density at radius 3 is 2.07 bits per heavy atom. The minimum atomic E-state index is -0.234. The first-order valence-electron chi connectivity index (χ1n) is 9.62. The Bertz CT molecular complexity index is 714. The highest BCUT2D eigenvalue weighted by Gasteiger charge is 2.23. The van der Waals surface area contributed by atoms with Crippen LogP contribution in [0.2, 0.25) is 0 Å². The zero-order valence-corrected chi connectivity index (χ0v) is 16.8. The van der Waals surface area contributed by atoms with Gasteiger partial charge in [0.25, 0.3) is 0 Å². The van der Waals surface area contributed by atoms with E-state index in [1.54, 1.807) is 14.2 Å². The van der Waals surface area contributed by atoms with E-state index in [9.17, 15) is 4.79 Å². The van der Waals surface area contributed by atoms with Crippen LogP contribution in [0.15, 0.2) is 48.5 Å². The number of hydrogen-bond donors (Lipinski definition) is 2. The summed E-state index contributed by atoms with van der Waals surface area (Å²) in [5.74, 6) is 1.60. The van der Waals surface area contributed by atoms with Crippen LogP contribution in [0.25, 0.3) is 0 Å². The van der Waals surface area contributed by atoms with Gasteiger partial charge in [-0.2, -0.15) is 0 Å². The number of benzene rings is 2. The van der Waals surface area contributed by atoms with Gasteiger partial charge in [0, 0.05) is 25.7 Å². The van der Waals surface area contributed by atoms with Crippen LogP contribution >= 0.6 is 0 Å². The molecule has 0 bridgehead atoms. The summed E-state index contributed by atoms with van der Waals surface area (Å²) in [7, 11) is 3.29. The quantitative estimate of drug-likeness (QED) is 0.768. The topological polar surface area (TPSA) is 62.8 Å². The highest BCUT2D eigenvalue weighted by molar-refractivity contribution is 5.79. The third kappa shape index (κ3) is 5.03. The molecule has 1 fully saturated rings. The van der Waals surface area contributed by atoms with Crippen molar-refractivity contribution >= 4 is 5.91 Å². The van der Waals surface area contributed by atoms with E-state index in [1.165, 1.54) is 0 Å². The molecule has 6 heteroatoms. The van der Waals surface area contributed by atoms with Crippen LogP contribution in [-0.4, -0.2) is 57.2 Å². The van der Waals surface area contributed by atoms with Crippen molar-refractivity contribution < 1.29 is 14.3 Å². The molecule has 1 saturated heterocycles. The number of piperazine rings is 1. The Morgan fingerprint density at radius 1 is 1.07 bits per heavy atom. The van der Waals surface area contributed by atoms with Gasteiger partial charge in [0.05, 0.1) is 26.8 Å². The molecule has 2 N–H and O–H groups in total. The van der Waals surface area contributed by atoms with Gasteiger partial charge in [0.1, 0.15) is 11.5 Å². The summed E-state index contributed by atoms with van der Waals surface area (Å²) in [6.45, 7) is 5.24. The lowest BCUT2D eigenvalue weighted by atomic mass is 9.98. The summed E-state index contributed by atoms with van der Waals surface area (Å²) in [5, 5.41) is 6.56. The maximum Gasteiger partial charge on any atom is 0.234 e. The molecule has 2 aromatic rings. The van der Waals surface area contributed by atoms with Crippen LogP contribution in [0.5, 0.6) is 11.5 Å². The SMILES string of the molecule is COc1ccc(C(NC(=O)CN2CCNC[C@@H]2C)c2ccc(OC)cc2)cc1. The van der Waals surface area contributed by atoms with E-state index in [4.69, 9.17) is 9.47 Å². The van der Waals surface area contributed by atoms with Crippen LogP contribution in [0.3, 0.4) is 0 Å². The molecular weight excluding hydrogens is 354 g/mol. The largest absolute Gasteiger partial charge is 0.497 e. The lowest BCUT2D eigenvalue weighted by molar-refractivity contribution is -0.123. The number of rotatable bonds is 7. The van der Waals surface area contributed by atoms with E-state index in [1.807, 2.05) is 48.5 Å². The number of amides is 1. The van der Waals surface area contributed by atoms with Crippen LogP contribution in [-0.2, 0) is 4.79 Å². The highest BCUT2D eigenvalue weighted by Crippen LogP contribution is 2.26. The normalized spacial score (nSPS) is 17.4. The maximum atomic E-state index is 12.8. The zero-order chi connectivity index (χ0) is 19.9. The summed E-state index contributed by atoms with van der Waals surface area (Å²) in [6, 6.07) is 15.7. The third-order valence-corrected chi connectivity index (χ3v) is 5.19. The van der Waals surface area contributed by atoms with E-state index in [0.717, 1.165) is 42.3 Å². The van der Waals surface area contributed by atoms with Crippen molar-refractivity contribution in [3.8, 4) is 11.5 Å². The fourth-order valence-corrected chi connectivity index (χ4v) is 3.46. The van der Waals surface area contributed by atoms with Gasteiger partial charge in [-0.25, -0.2) is 0 Å².